The Morgan fingerprint density at radius 2 is 1.92 bits per heavy atom. The molecule has 1 fully saturated rings. The molecule has 0 radical (unpaired) electrons. The van der Waals surface area contributed by atoms with E-state index in [0.29, 0.717) is 19.6 Å². The first-order chi connectivity index (χ1) is 11.8. The van der Waals surface area contributed by atoms with Crippen molar-refractivity contribution in [2.45, 2.75) is 52.4 Å². The summed E-state index contributed by atoms with van der Waals surface area (Å²) in [6.45, 7) is 9.30. The van der Waals surface area contributed by atoms with Crippen molar-refractivity contribution in [2.24, 2.45) is 0 Å². The predicted molar refractivity (Wildman–Crippen MR) is 95.2 cm³/mol. The third kappa shape index (κ3) is 5.66. The number of ether oxygens (including phenoxy) is 2. The highest BCUT2D eigenvalue weighted by atomic mass is 16.6. The molecule has 1 aromatic rings. The van der Waals surface area contributed by atoms with Crippen LogP contribution in [0.25, 0.3) is 0 Å². The minimum Gasteiger partial charge on any atom is -0.445 e. The molecule has 1 heterocycles. The summed E-state index contributed by atoms with van der Waals surface area (Å²) in [7, 11) is 0. The molecule has 1 aromatic carbocycles. The zero-order valence-corrected chi connectivity index (χ0v) is 15.5. The topological polar surface area (TPSA) is 59.1 Å². The maximum Gasteiger partial charge on any atom is 0.410 e. The van der Waals surface area contributed by atoms with E-state index in [0.717, 1.165) is 12.0 Å². The van der Waals surface area contributed by atoms with E-state index in [1.807, 2.05) is 58.0 Å². The molecule has 138 valence electrons. The van der Waals surface area contributed by atoms with Crippen LogP contribution in [-0.4, -0.2) is 53.3 Å². The summed E-state index contributed by atoms with van der Waals surface area (Å²) in [4.78, 5) is 27.9. The summed E-state index contributed by atoms with van der Waals surface area (Å²) in [6, 6.07) is 9.55. The molecule has 1 aliphatic rings. The van der Waals surface area contributed by atoms with Crippen LogP contribution in [0.4, 0.5) is 9.59 Å². The van der Waals surface area contributed by atoms with Gasteiger partial charge in [0.15, 0.2) is 0 Å². The molecule has 1 atom stereocenters. The highest BCUT2D eigenvalue weighted by molar-refractivity contribution is 5.70. The molecule has 1 unspecified atom stereocenters. The first-order valence-electron chi connectivity index (χ1n) is 8.75. The summed E-state index contributed by atoms with van der Waals surface area (Å²) >= 11 is 0. The smallest absolute Gasteiger partial charge is 0.410 e. The average Bonchev–Trinajstić information content (AvgIpc) is 3.03. The lowest BCUT2D eigenvalue weighted by atomic mass is 10.2. The van der Waals surface area contributed by atoms with Gasteiger partial charge in [0.05, 0.1) is 6.04 Å². The minimum atomic E-state index is -0.520. The zero-order valence-electron chi connectivity index (χ0n) is 15.5. The maximum atomic E-state index is 12.4. The molecule has 1 aliphatic heterocycles. The van der Waals surface area contributed by atoms with Gasteiger partial charge in [0.2, 0.25) is 0 Å². The Morgan fingerprint density at radius 1 is 1.24 bits per heavy atom. The van der Waals surface area contributed by atoms with Crippen LogP contribution in [0.3, 0.4) is 0 Å². The van der Waals surface area contributed by atoms with Crippen LogP contribution in [0.5, 0.6) is 0 Å². The fourth-order valence-corrected chi connectivity index (χ4v) is 2.83. The van der Waals surface area contributed by atoms with E-state index in [9.17, 15) is 9.59 Å². The van der Waals surface area contributed by atoms with Gasteiger partial charge < -0.3 is 19.3 Å². The van der Waals surface area contributed by atoms with Crippen LogP contribution in [0.1, 0.15) is 39.7 Å². The number of nitrogens with zero attached hydrogens (tertiary/aromatic N) is 2. The molecule has 2 rings (SSSR count). The molecule has 0 N–H and O–H groups in total. The van der Waals surface area contributed by atoms with Crippen LogP contribution >= 0.6 is 0 Å². The van der Waals surface area contributed by atoms with Gasteiger partial charge in [-0.05, 0) is 39.7 Å². The number of carbonyl (C=O) groups excluding carboxylic acids is 2. The van der Waals surface area contributed by atoms with Crippen molar-refractivity contribution < 1.29 is 19.1 Å². The van der Waals surface area contributed by atoms with Gasteiger partial charge in [-0.2, -0.15) is 0 Å². The van der Waals surface area contributed by atoms with Crippen LogP contribution < -0.4 is 0 Å². The molecule has 0 spiro atoms. The van der Waals surface area contributed by atoms with Gasteiger partial charge in [0.25, 0.3) is 0 Å². The van der Waals surface area contributed by atoms with Crippen molar-refractivity contribution in [3.05, 3.63) is 35.9 Å². The van der Waals surface area contributed by atoms with Crippen LogP contribution in [0.2, 0.25) is 0 Å². The second kappa shape index (κ2) is 8.23. The molecular weight excluding hydrogens is 320 g/mol. The van der Waals surface area contributed by atoms with E-state index < -0.39 is 5.60 Å². The average molecular weight is 348 g/mol. The van der Waals surface area contributed by atoms with Gasteiger partial charge >= 0.3 is 12.2 Å². The van der Waals surface area contributed by atoms with Crippen molar-refractivity contribution in [1.29, 1.82) is 0 Å². The van der Waals surface area contributed by atoms with Crippen molar-refractivity contribution in [3.8, 4) is 0 Å². The largest absolute Gasteiger partial charge is 0.445 e. The number of rotatable bonds is 4. The minimum absolute atomic E-state index is 0.0409. The normalized spacial score (nSPS) is 17.3. The van der Waals surface area contributed by atoms with E-state index >= 15 is 0 Å². The molecule has 0 saturated carbocycles. The van der Waals surface area contributed by atoms with Gasteiger partial charge in [0, 0.05) is 19.6 Å². The molecule has 0 aliphatic carbocycles. The highest BCUT2D eigenvalue weighted by Gasteiger charge is 2.34. The first-order valence-corrected chi connectivity index (χ1v) is 8.75. The second-order valence-electron chi connectivity index (χ2n) is 7.20. The van der Waals surface area contributed by atoms with E-state index in [4.69, 9.17) is 9.47 Å². The van der Waals surface area contributed by atoms with Gasteiger partial charge in [-0.1, -0.05) is 30.3 Å². The summed E-state index contributed by atoms with van der Waals surface area (Å²) < 4.78 is 10.8. The quantitative estimate of drug-likeness (QED) is 0.833. The molecule has 0 aromatic heterocycles. The fraction of sp³-hybridized carbons (Fsp3) is 0.579. The Bertz CT molecular complexity index is 583. The number of benzene rings is 1. The fourth-order valence-electron chi connectivity index (χ4n) is 2.83. The lowest BCUT2D eigenvalue weighted by Gasteiger charge is -2.28. The van der Waals surface area contributed by atoms with Gasteiger partial charge in [0.1, 0.15) is 12.2 Å². The van der Waals surface area contributed by atoms with Gasteiger partial charge in [-0.3, -0.25) is 0 Å². The molecule has 6 heteroatoms. The molecule has 1 saturated heterocycles. The molecule has 6 nitrogen and oxygen atoms in total. The number of hydrogen-bond acceptors (Lipinski definition) is 4. The Hall–Kier alpha value is -2.24. The van der Waals surface area contributed by atoms with E-state index in [-0.39, 0.29) is 24.8 Å². The number of hydrogen-bond donors (Lipinski definition) is 0. The van der Waals surface area contributed by atoms with E-state index in [1.54, 1.807) is 9.80 Å². The molecule has 2 amide bonds. The summed E-state index contributed by atoms with van der Waals surface area (Å²) in [5.74, 6) is 0. The molecular formula is C19H28N2O4. The lowest BCUT2D eigenvalue weighted by molar-refractivity contribution is 0.0274. The van der Waals surface area contributed by atoms with Crippen molar-refractivity contribution >= 4 is 12.2 Å². The SMILES string of the molecule is CCN(C(=O)OCc1ccccc1)C1CCN(C(=O)OC(C)(C)C)C1. The van der Waals surface area contributed by atoms with Crippen molar-refractivity contribution in [2.75, 3.05) is 19.6 Å². The molecule has 0 bridgehead atoms. The monoisotopic (exact) mass is 348 g/mol. The lowest BCUT2D eigenvalue weighted by Crippen LogP contribution is -2.43. The van der Waals surface area contributed by atoms with Gasteiger partial charge in [-0.25, -0.2) is 9.59 Å². The zero-order chi connectivity index (χ0) is 18.4. The summed E-state index contributed by atoms with van der Waals surface area (Å²) in [6.07, 6.45) is 0.0548. The number of carbonyl (C=O) groups is 2. The third-order valence-electron chi connectivity index (χ3n) is 4.04. The predicted octanol–water partition coefficient (Wildman–Crippen LogP) is 3.65. The summed E-state index contributed by atoms with van der Waals surface area (Å²) in [5.41, 5.74) is 0.433. The second-order valence-corrected chi connectivity index (χ2v) is 7.20. The third-order valence-corrected chi connectivity index (χ3v) is 4.04. The van der Waals surface area contributed by atoms with Gasteiger partial charge in [-0.15, -0.1) is 0 Å². The Balaban J connectivity index is 1.88. The number of likely N-dealkylation sites (tertiary alicyclic amines) is 1. The van der Waals surface area contributed by atoms with Crippen molar-refractivity contribution in [3.63, 3.8) is 0 Å². The van der Waals surface area contributed by atoms with Crippen LogP contribution in [-0.2, 0) is 16.1 Å². The Labute approximate surface area is 149 Å². The van der Waals surface area contributed by atoms with E-state index in [2.05, 4.69) is 0 Å². The van der Waals surface area contributed by atoms with E-state index in [1.165, 1.54) is 0 Å². The number of amides is 2. The Kier molecular flexibility index (Phi) is 6.28. The van der Waals surface area contributed by atoms with Crippen molar-refractivity contribution in [1.82, 2.24) is 9.80 Å². The van der Waals surface area contributed by atoms with Crippen LogP contribution in [0, 0.1) is 0 Å². The summed E-state index contributed by atoms with van der Waals surface area (Å²) in [5, 5.41) is 0. The standard InChI is InChI=1S/C19H28N2O4/c1-5-21(18(23)24-14-15-9-7-6-8-10-15)16-11-12-20(13-16)17(22)25-19(2,3)4/h6-10,16H,5,11-14H2,1-4H3. The number of likely N-dealkylation sites (N-methyl/N-ethyl adjacent to an activating group) is 1. The Morgan fingerprint density at radius 3 is 2.52 bits per heavy atom. The highest BCUT2D eigenvalue weighted by Crippen LogP contribution is 2.20. The van der Waals surface area contributed by atoms with Crippen LogP contribution in [0.15, 0.2) is 30.3 Å². The molecule has 25 heavy (non-hydrogen) atoms. The first kappa shape index (κ1) is 19.1. The maximum absolute atomic E-state index is 12.4.